The van der Waals surface area contributed by atoms with Crippen molar-refractivity contribution in [2.75, 3.05) is 5.73 Å². The minimum atomic E-state index is -1.78. The van der Waals surface area contributed by atoms with E-state index in [-0.39, 0.29) is 28.3 Å². The molecule has 4 aromatic heterocycles. The molecule has 2 aromatic carbocycles. The second-order valence-electron chi connectivity index (χ2n) is 10.0. The lowest BCUT2D eigenvalue weighted by Gasteiger charge is -2.21. The fourth-order valence-electron chi connectivity index (χ4n) is 4.94. The number of aryl methyl sites for hydroxylation is 2. The van der Waals surface area contributed by atoms with Crippen LogP contribution >= 0.6 is 0 Å². The molecule has 0 bridgehead atoms. The average Bonchev–Trinajstić information content (AvgIpc) is 3.48. The van der Waals surface area contributed by atoms with Crippen molar-refractivity contribution in [2.45, 2.75) is 26.8 Å². The molecule has 208 valence electrons. The normalized spacial score (nSPS) is 12.9. The van der Waals surface area contributed by atoms with Crippen LogP contribution in [0.25, 0.3) is 22.1 Å². The van der Waals surface area contributed by atoms with E-state index in [1.807, 2.05) is 45.2 Å². The highest BCUT2D eigenvalue weighted by Gasteiger charge is 2.24. The van der Waals surface area contributed by atoms with Crippen molar-refractivity contribution in [3.63, 3.8) is 0 Å². The molecule has 1 amide bonds. The highest BCUT2D eigenvalue weighted by Crippen LogP contribution is 2.25. The number of nitrogen functional groups attached to an aromatic ring is 1. The molecule has 0 saturated carbocycles. The first-order valence-electron chi connectivity index (χ1n) is 13.7. The van der Waals surface area contributed by atoms with Gasteiger partial charge in [-0.05, 0) is 62.1 Å². The topological polar surface area (TPSA) is 125 Å². The molecule has 4 heterocycles. The van der Waals surface area contributed by atoms with Gasteiger partial charge >= 0.3 is 0 Å². The maximum absolute atomic E-state index is 14.4. The third kappa shape index (κ3) is 4.57. The van der Waals surface area contributed by atoms with Crippen molar-refractivity contribution in [3.05, 3.63) is 117 Å². The van der Waals surface area contributed by atoms with Crippen molar-refractivity contribution >= 4 is 28.1 Å². The number of benzene rings is 2. The number of anilines is 1. The molecule has 42 heavy (non-hydrogen) atoms. The molecule has 6 aromatic rings. The second kappa shape index (κ2) is 10.4. The van der Waals surface area contributed by atoms with Gasteiger partial charge < -0.3 is 11.1 Å². The van der Waals surface area contributed by atoms with Gasteiger partial charge in [0.15, 0.2) is 11.5 Å². The first-order chi connectivity index (χ1) is 20.5. The van der Waals surface area contributed by atoms with E-state index in [1.54, 1.807) is 47.4 Å². The van der Waals surface area contributed by atoms with E-state index in [0.29, 0.717) is 22.0 Å². The third-order valence-corrected chi connectivity index (χ3v) is 7.21. The van der Waals surface area contributed by atoms with E-state index in [9.17, 15) is 11.0 Å². The first kappa shape index (κ1) is 25.3. The predicted octanol–water partition coefficient (Wildman–Crippen LogP) is 3.86. The number of aromatic nitrogens is 6. The van der Waals surface area contributed by atoms with Crippen LogP contribution < -0.4 is 16.6 Å². The summed E-state index contributed by atoms with van der Waals surface area (Å²) in [6.07, 6.45) is 4.85. The van der Waals surface area contributed by atoms with Gasteiger partial charge in [-0.1, -0.05) is 36.1 Å². The molecule has 10 heteroatoms. The van der Waals surface area contributed by atoms with Gasteiger partial charge in [-0.3, -0.25) is 18.8 Å². The maximum atomic E-state index is 14.4. The van der Waals surface area contributed by atoms with Gasteiger partial charge in [-0.25, -0.2) is 9.50 Å². The predicted molar refractivity (Wildman–Crippen MR) is 161 cm³/mol. The Kier molecular flexibility index (Phi) is 6.24. The van der Waals surface area contributed by atoms with Gasteiger partial charge in [0.25, 0.3) is 11.5 Å². The number of fused-ring (bicyclic) bond motifs is 2. The second-order valence-corrected chi connectivity index (χ2v) is 10.0. The van der Waals surface area contributed by atoms with Crippen LogP contribution in [0, 0.1) is 25.7 Å². The quantitative estimate of drug-likeness (QED) is 0.317. The number of nitrogens with zero attached hydrogens (tertiary/aromatic N) is 6. The molecule has 1 atom stereocenters. The minimum absolute atomic E-state index is 0.0198. The smallest absolute Gasteiger partial charge is 0.264 e. The lowest BCUT2D eigenvalue weighted by atomic mass is 10.0. The number of hydrogen-bond donors (Lipinski definition) is 2. The fourth-order valence-corrected chi connectivity index (χ4v) is 4.94. The van der Waals surface area contributed by atoms with Crippen LogP contribution in [-0.2, 0) is 7.05 Å². The van der Waals surface area contributed by atoms with Crippen LogP contribution in [-0.4, -0.2) is 34.9 Å². The Hall–Kier alpha value is -5.69. The Labute approximate surface area is 242 Å². The summed E-state index contributed by atoms with van der Waals surface area (Å²) in [6.45, 7) is 5.37. The molecule has 3 N–H and O–H groups in total. The van der Waals surface area contributed by atoms with Gasteiger partial charge in [0.05, 0.1) is 30.2 Å². The first-order valence-corrected chi connectivity index (χ1v) is 13.2. The molecule has 0 radical (unpaired) electrons. The summed E-state index contributed by atoms with van der Waals surface area (Å²) >= 11 is 0. The zero-order valence-corrected chi connectivity index (χ0v) is 23.5. The standard InChI is InChI=1S/C32H28N8O2/c1-19-8-5-11-25(16-19)40-26(20(2)36-31(41)28-29(33)37-39-15-7-14-34-30(28)39)17-23-10-6-9-22(27(23)32(40)42)12-13-24-18-35-38(4)21(24)3/h5-11,14-18,20H,1-4H3,(H2,33,37)(H,36,41)/t20-/m0/s1/i20D. The number of nitrogens with one attached hydrogen (secondary N) is 1. The van der Waals surface area contributed by atoms with Crippen LogP contribution in [0.2, 0.25) is 0 Å². The van der Waals surface area contributed by atoms with Crippen molar-refractivity contribution < 1.29 is 6.17 Å². The summed E-state index contributed by atoms with van der Waals surface area (Å²) in [6, 6.07) is 14.5. The molecule has 0 aliphatic heterocycles. The SMILES string of the molecule is [2H][C@@](C)(NC(=O)c1c(N)nn2cccnc12)c1cc2cccc(C#Cc3cnn(C)c3C)c2c(=O)n1-c1cccc(C)c1. The number of rotatable bonds is 4. The summed E-state index contributed by atoms with van der Waals surface area (Å²) in [5.41, 5.74) is 9.97. The number of pyridine rings is 1. The Balaban J connectivity index is 1.54. The molecule has 0 fully saturated rings. The molecular weight excluding hydrogens is 528 g/mol. The van der Waals surface area contributed by atoms with Crippen LogP contribution in [0.5, 0.6) is 0 Å². The third-order valence-electron chi connectivity index (χ3n) is 7.21. The van der Waals surface area contributed by atoms with E-state index in [2.05, 4.69) is 32.3 Å². The van der Waals surface area contributed by atoms with Gasteiger partial charge in [-0.15, -0.1) is 5.10 Å². The summed E-state index contributed by atoms with van der Waals surface area (Å²) in [5, 5.41) is 12.1. The lowest BCUT2D eigenvalue weighted by Crippen LogP contribution is -2.32. The Morgan fingerprint density at radius 1 is 1.10 bits per heavy atom. The van der Waals surface area contributed by atoms with E-state index < -0.39 is 11.9 Å². The van der Waals surface area contributed by atoms with E-state index in [0.717, 1.165) is 16.8 Å². The van der Waals surface area contributed by atoms with E-state index >= 15 is 0 Å². The molecule has 0 aliphatic rings. The minimum Gasteiger partial charge on any atom is -0.381 e. The number of carbonyl (C=O) groups is 1. The zero-order valence-electron chi connectivity index (χ0n) is 24.5. The van der Waals surface area contributed by atoms with Crippen LogP contribution in [0.4, 0.5) is 5.82 Å². The number of carbonyl (C=O) groups excluding carboxylic acids is 1. The Morgan fingerprint density at radius 3 is 2.64 bits per heavy atom. The summed E-state index contributed by atoms with van der Waals surface area (Å²) in [7, 11) is 1.84. The molecule has 0 saturated heterocycles. The van der Waals surface area contributed by atoms with Gasteiger partial charge in [0.2, 0.25) is 0 Å². The van der Waals surface area contributed by atoms with Gasteiger partial charge in [0.1, 0.15) is 5.56 Å². The van der Waals surface area contributed by atoms with Crippen molar-refractivity contribution in [1.82, 2.24) is 34.3 Å². The molecule has 0 unspecified atom stereocenters. The van der Waals surface area contributed by atoms with Gasteiger partial charge in [0, 0.05) is 36.4 Å². The number of nitrogens with two attached hydrogens (primary N) is 1. The lowest BCUT2D eigenvalue weighted by molar-refractivity contribution is 0.0941. The Morgan fingerprint density at radius 2 is 1.88 bits per heavy atom. The van der Waals surface area contributed by atoms with Crippen molar-refractivity contribution in [1.29, 1.82) is 0 Å². The van der Waals surface area contributed by atoms with Gasteiger partial charge in [-0.2, -0.15) is 5.10 Å². The van der Waals surface area contributed by atoms with Crippen LogP contribution in [0.15, 0.2) is 78.0 Å². The average molecular weight is 558 g/mol. The summed E-state index contributed by atoms with van der Waals surface area (Å²) in [5.74, 6) is 5.64. The van der Waals surface area contributed by atoms with E-state index in [1.165, 1.54) is 22.2 Å². The maximum Gasteiger partial charge on any atom is 0.264 e. The monoisotopic (exact) mass is 557 g/mol. The molecular formula is C32H28N8O2. The highest BCUT2D eigenvalue weighted by molar-refractivity contribution is 6.04. The van der Waals surface area contributed by atoms with Crippen molar-refractivity contribution in [2.24, 2.45) is 7.05 Å². The molecule has 0 aliphatic carbocycles. The number of hydrogen-bond acceptors (Lipinski definition) is 6. The zero-order chi connectivity index (χ0) is 30.5. The summed E-state index contributed by atoms with van der Waals surface area (Å²) in [4.78, 5) is 32.2. The Bertz CT molecular complexity index is 2200. The van der Waals surface area contributed by atoms with E-state index in [4.69, 9.17) is 5.73 Å². The summed E-state index contributed by atoms with van der Waals surface area (Å²) < 4.78 is 14.0. The largest absolute Gasteiger partial charge is 0.381 e. The molecule has 6 rings (SSSR count). The van der Waals surface area contributed by atoms with Crippen molar-refractivity contribution in [3.8, 4) is 17.5 Å². The highest BCUT2D eigenvalue weighted by atomic mass is 16.2. The van der Waals surface area contributed by atoms with Crippen LogP contribution in [0.1, 0.15) is 52.7 Å². The number of amides is 1. The molecule has 10 nitrogen and oxygen atoms in total. The molecule has 0 spiro atoms. The van der Waals surface area contributed by atoms with Crippen LogP contribution in [0.3, 0.4) is 0 Å². The fraction of sp³-hybridized carbons (Fsp3) is 0.156.